The van der Waals surface area contributed by atoms with E-state index < -0.39 is 20.0 Å². The van der Waals surface area contributed by atoms with E-state index in [1.165, 1.54) is 116 Å². The smallest absolute Gasteiger partial charge is 0.391 e. The first-order chi connectivity index (χ1) is 25.4. The van der Waals surface area contributed by atoms with Gasteiger partial charge in [-0.1, -0.05) is 179 Å². The molecule has 0 radical (unpaired) electrons. The number of aliphatic hydroxyl groups excluding tert-OH is 1. The molecule has 3 unspecified atom stereocenters. The summed E-state index contributed by atoms with van der Waals surface area (Å²) in [6.45, 7) is 4.17. The lowest BCUT2D eigenvalue weighted by Crippen LogP contribution is -2.46. The molecule has 306 valence electrons. The number of allylic oxidation sites excluding steroid dienone is 6. The highest BCUT2D eigenvalue weighted by molar-refractivity contribution is 7.47. The molecular formula is C43H83N2O6P. The minimum atomic E-state index is -4.31. The molecule has 0 bridgehead atoms. The second-order valence-electron chi connectivity index (χ2n) is 14.6. The predicted octanol–water partition coefficient (Wildman–Crippen LogP) is 11.9. The third kappa shape index (κ3) is 37.1. The molecule has 0 fully saturated rings. The number of phosphoric acid groups is 1. The van der Waals surface area contributed by atoms with Crippen LogP contribution in [0.5, 0.6) is 0 Å². The molecule has 3 atom stereocenters. The van der Waals surface area contributed by atoms with Gasteiger partial charge in [0.2, 0.25) is 5.91 Å². The van der Waals surface area contributed by atoms with Crippen molar-refractivity contribution in [1.82, 2.24) is 5.32 Å². The van der Waals surface area contributed by atoms with E-state index in [2.05, 4.69) is 55.6 Å². The van der Waals surface area contributed by atoms with Gasteiger partial charge < -0.3 is 21.1 Å². The highest BCUT2D eigenvalue weighted by Crippen LogP contribution is 2.43. The van der Waals surface area contributed by atoms with Crippen LogP contribution in [0.15, 0.2) is 36.5 Å². The third-order valence-electron chi connectivity index (χ3n) is 9.50. The van der Waals surface area contributed by atoms with Gasteiger partial charge in [-0.05, 0) is 51.4 Å². The summed E-state index contributed by atoms with van der Waals surface area (Å²) in [5.41, 5.74) is 5.37. The number of nitrogens with two attached hydrogens (primary N) is 1. The van der Waals surface area contributed by atoms with Crippen molar-refractivity contribution in [2.75, 3.05) is 19.8 Å². The van der Waals surface area contributed by atoms with E-state index in [1.54, 1.807) is 0 Å². The average Bonchev–Trinajstić information content (AvgIpc) is 3.13. The van der Waals surface area contributed by atoms with Gasteiger partial charge in [-0.3, -0.25) is 13.8 Å². The Bertz CT molecular complexity index is 912. The van der Waals surface area contributed by atoms with Crippen LogP contribution < -0.4 is 11.1 Å². The van der Waals surface area contributed by atoms with Gasteiger partial charge in [0.15, 0.2) is 0 Å². The van der Waals surface area contributed by atoms with Crippen molar-refractivity contribution in [3.63, 3.8) is 0 Å². The van der Waals surface area contributed by atoms with Crippen LogP contribution >= 0.6 is 7.82 Å². The highest BCUT2D eigenvalue weighted by Gasteiger charge is 2.27. The van der Waals surface area contributed by atoms with Crippen molar-refractivity contribution in [2.24, 2.45) is 5.73 Å². The number of amides is 1. The van der Waals surface area contributed by atoms with Crippen molar-refractivity contribution in [1.29, 1.82) is 0 Å². The van der Waals surface area contributed by atoms with Crippen LogP contribution in [-0.4, -0.2) is 47.8 Å². The molecule has 0 saturated carbocycles. The Balaban J connectivity index is 4.08. The van der Waals surface area contributed by atoms with Crippen molar-refractivity contribution in [3.05, 3.63) is 36.5 Å². The van der Waals surface area contributed by atoms with Crippen LogP contribution in [0, 0.1) is 0 Å². The van der Waals surface area contributed by atoms with Crippen LogP contribution in [0.25, 0.3) is 0 Å². The lowest BCUT2D eigenvalue weighted by molar-refractivity contribution is -0.123. The molecule has 9 heteroatoms. The molecular weight excluding hydrogens is 671 g/mol. The van der Waals surface area contributed by atoms with Gasteiger partial charge in [-0.25, -0.2) is 4.57 Å². The molecule has 5 N–H and O–H groups in total. The van der Waals surface area contributed by atoms with Crippen LogP contribution in [-0.2, 0) is 18.4 Å². The van der Waals surface area contributed by atoms with Crippen molar-refractivity contribution in [3.8, 4) is 0 Å². The quantitative estimate of drug-likeness (QED) is 0.0278. The number of hydrogen-bond acceptors (Lipinski definition) is 6. The van der Waals surface area contributed by atoms with E-state index in [4.69, 9.17) is 14.8 Å². The maximum atomic E-state index is 12.7. The minimum Gasteiger partial charge on any atom is -0.391 e. The molecule has 0 heterocycles. The summed E-state index contributed by atoms with van der Waals surface area (Å²) < 4.78 is 22.1. The lowest BCUT2D eigenvalue weighted by Gasteiger charge is -2.25. The fourth-order valence-corrected chi connectivity index (χ4v) is 6.96. The number of phosphoric ester groups is 1. The maximum absolute atomic E-state index is 12.7. The number of carbonyl (C=O) groups excluding carboxylic acids is 1. The summed E-state index contributed by atoms with van der Waals surface area (Å²) >= 11 is 0. The Labute approximate surface area is 320 Å². The molecule has 52 heavy (non-hydrogen) atoms. The Kier molecular flexibility index (Phi) is 38.4. The van der Waals surface area contributed by atoms with E-state index in [0.29, 0.717) is 12.8 Å². The maximum Gasteiger partial charge on any atom is 0.472 e. The topological polar surface area (TPSA) is 131 Å². The molecule has 0 spiro atoms. The molecule has 8 nitrogen and oxygen atoms in total. The van der Waals surface area contributed by atoms with Crippen LogP contribution in [0.3, 0.4) is 0 Å². The molecule has 0 aromatic rings. The SMILES string of the molecule is CCCCCCC/C=C\C/C=C\C/C=C\CCCCCCCCCCC(=O)NC(COP(=O)(O)OCCN)C(O)CCCCCCCCCCCC. The van der Waals surface area contributed by atoms with Gasteiger partial charge in [0.25, 0.3) is 0 Å². The zero-order valence-electron chi connectivity index (χ0n) is 33.8. The zero-order valence-corrected chi connectivity index (χ0v) is 34.7. The summed E-state index contributed by atoms with van der Waals surface area (Å²) in [6, 6.07) is -0.777. The monoisotopic (exact) mass is 755 g/mol. The highest BCUT2D eigenvalue weighted by atomic mass is 31.2. The van der Waals surface area contributed by atoms with E-state index in [0.717, 1.165) is 57.8 Å². The van der Waals surface area contributed by atoms with Crippen molar-refractivity contribution in [2.45, 2.75) is 212 Å². The molecule has 0 rings (SSSR count). The molecule has 0 aromatic carbocycles. The minimum absolute atomic E-state index is 0.0866. The Morgan fingerprint density at radius 2 is 1.06 bits per heavy atom. The zero-order chi connectivity index (χ0) is 38.2. The number of carbonyl (C=O) groups is 1. The van der Waals surface area contributed by atoms with Gasteiger partial charge in [0, 0.05) is 13.0 Å². The van der Waals surface area contributed by atoms with E-state index in [1.807, 2.05) is 0 Å². The predicted molar refractivity (Wildman–Crippen MR) is 221 cm³/mol. The summed E-state index contributed by atoms with van der Waals surface area (Å²) in [5.74, 6) is -0.171. The summed E-state index contributed by atoms with van der Waals surface area (Å²) in [6.07, 6.45) is 45.8. The number of unbranched alkanes of at least 4 members (excludes halogenated alkanes) is 22. The normalized spacial score (nSPS) is 14.5. The summed E-state index contributed by atoms with van der Waals surface area (Å²) in [5, 5.41) is 13.7. The van der Waals surface area contributed by atoms with Crippen LogP contribution in [0.2, 0.25) is 0 Å². The lowest BCUT2D eigenvalue weighted by atomic mass is 10.0. The number of hydrogen-bond donors (Lipinski definition) is 4. The first kappa shape index (κ1) is 50.7. The third-order valence-corrected chi connectivity index (χ3v) is 10.5. The van der Waals surface area contributed by atoms with Gasteiger partial charge in [0.1, 0.15) is 0 Å². The second kappa shape index (κ2) is 39.4. The fourth-order valence-electron chi connectivity index (χ4n) is 6.20. The second-order valence-corrected chi connectivity index (χ2v) is 16.0. The molecule has 0 aromatic heterocycles. The van der Waals surface area contributed by atoms with Crippen LogP contribution in [0.1, 0.15) is 200 Å². The average molecular weight is 755 g/mol. The molecule has 1 amide bonds. The standard InChI is InChI=1S/C43H83N2O6P/c1-3-5-7-9-11-13-15-16-17-18-19-20-21-22-23-24-25-26-27-29-31-33-35-37-43(47)45-41(40-51-52(48,49)50-39-38-44)42(46)36-34-32-30-28-14-12-10-8-6-4-2/h15-16,18-19,21-22,41-42,46H,3-14,17,20,23-40,44H2,1-2H3,(H,45,47)(H,48,49)/b16-15-,19-18-,22-21-. The van der Waals surface area contributed by atoms with E-state index in [-0.39, 0.29) is 25.7 Å². The first-order valence-corrected chi connectivity index (χ1v) is 23.1. The van der Waals surface area contributed by atoms with Gasteiger partial charge in [-0.15, -0.1) is 0 Å². The molecule has 0 aliphatic carbocycles. The fraction of sp³-hybridized carbons (Fsp3) is 0.837. The largest absolute Gasteiger partial charge is 0.472 e. The number of nitrogens with one attached hydrogen (secondary N) is 1. The molecule has 0 aliphatic heterocycles. The number of aliphatic hydroxyl groups is 1. The first-order valence-electron chi connectivity index (χ1n) is 21.6. The summed E-state index contributed by atoms with van der Waals surface area (Å²) in [7, 11) is -4.31. The molecule has 0 saturated heterocycles. The van der Waals surface area contributed by atoms with E-state index in [9.17, 15) is 19.4 Å². The van der Waals surface area contributed by atoms with E-state index >= 15 is 0 Å². The molecule has 0 aliphatic rings. The van der Waals surface area contributed by atoms with Gasteiger partial charge >= 0.3 is 7.82 Å². The van der Waals surface area contributed by atoms with Crippen molar-refractivity contribution >= 4 is 13.7 Å². The van der Waals surface area contributed by atoms with Crippen molar-refractivity contribution < 1.29 is 28.4 Å². The van der Waals surface area contributed by atoms with Gasteiger partial charge in [-0.2, -0.15) is 0 Å². The Hall–Kier alpha value is -1.28. The number of rotatable bonds is 40. The Morgan fingerprint density at radius 1 is 0.635 bits per heavy atom. The van der Waals surface area contributed by atoms with Crippen LogP contribution in [0.4, 0.5) is 0 Å². The summed E-state index contributed by atoms with van der Waals surface area (Å²) in [4.78, 5) is 22.7. The van der Waals surface area contributed by atoms with Gasteiger partial charge in [0.05, 0.1) is 25.4 Å². The Morgan fingerprint density at radius 3 is 1.54 bits per heavy atom.